The summed E-state index contributed by atoms with van der Waals surface area (Å²) in [5.41, 5.74) is 5.27. The van der Waals surface area contributed by atoms with Crippen molar-refractivity contribution in [2.24, 2.45) is 5.73 Å². The van der Waals surface area contributed by atoms with Crippen LogP contribution in [0.5, 0.6) is 0 Å². The molecule has 4 nitrogen and oxygen atoms in total. The minimum atomic E-state index is -3.04. The van der Waals surface area contributed by atoms with Gasteiger partial charge in [0, 0.05) is 13.1 Å². The molecule has 1 aliphatic heterocycles. The van der Waals surface area contributed by atoms with E-state index in [2.05, 4.69) is 0 Å². The highest BCUT2D eigenvalue weighted by molar-refractivity contribution is 7.89. The highest BCUT2D eigenvalue weighted by Gasteiger charge is 2.20. The smallest absolute Gasteiger partial charge is 0.214 e. The van der Waals surface area contributed by atoms with Gasteiger partial charge in [-0.1, -0.05) is 12.2 Å². The third-order valence-electron chi connectivity index (χ3n) is 2.02. The van der Waals surface area contributed by atoms with Gasteiger partial charge < -0.3 is 5.73 Å². The summed E-state index contributed by atoms with van der Waals surface area (Å²) >= 11 is 0. The van der Waals surface area contributed by atoms with Gasteiger partial charge in [-0.05, 0) is 19.4 Å². The maximum Gasteiger partial charge on any atom is 0.214 e. The predicted molar refractivity (Wildman–Crippen MR) is 52.8 cm³/mol. The quantitative estimate of drug-likeness (QED) is 0.652. The van der Waals surface area contributed by atoms with Gasteiger partial charge in [0.05, 0.1) is 5.75 Å². The van der Waals surface area contributed by atoms with E-state index in [-0.39, 0.29) is 5.75 Å². The molecular formula is C8H16N2O2S. The van der Waals surface area contributed by atoms with Crippen molar-refractivity contribution in [2.75, 3.05) is 25.4 Å². The zero-order valence-electron chi connectivity index (χ0n) is 7.65. The van der Waals surface area contributed by atoms with E-state index in [9.17, 15) is 8.42 Å². The van der Waals surface area contributed by atoms with E-state index in [1.807, 2.05) is 12.2 Å². The molecule has 1 aliphatic rings. The van der Waals surface area contributed by atoms with Crippen LogP contribution in [-0.2, 0) is 10.0 Å². The molecule has 0 bridgehead atoms. The van der Waals surface area contributed by atoms with E-state index in [1.165, 1.54) is 4.31 Å². The van der Waals surface area contributed by atoms with E-state index >= 15 is 0 Å². The van der Waals surface area contributed by atoms with E-state index in [1.54, 1.807) is 0 Å². The molecule has 0 saturated carbocycles. The Morgan fingerprint density at radius 3 is 2.69 bits per heavy atom. The van der Waals surface area contributed by atoms with E-state index in [0.29, 0.717) is 26.1 Å². The van der Waals surface area contributed by atoms with Crippen LogP contribution in [-0.4, -0.2) is 38.1 Å². The second kappa shape index (κ2) is 4.74. The summed E-state index contributed by atoms with van der Waals surface area (Å²) in [5.74, 6) is 0.178. The third kappa shape index (κ3) is 3.10. The average molecular weight is 204 g/mol. The van der Waals surface area contributed by atoms with Crippen molar-refractivity contribution >= 4 is 10.0 Å². The Morgan fingerprint density at radius 1 is 1.38 bits per heavy atom. The minimum Gasteiger partial charge on any atom is -0.330 e. The molecule has 0 spiro atoms. The number of rotatable bonds is 4. The molecule has 0 radical (unpaired) electrons. The topological polar surface area (TPSA) is 63.4 Å². The lowest BCUT2D eigenvalue weighted by molar-refractivity contribution is 0.436. The van der Waals surface area contributed by atoms with Crippen LogP contribution < -0.4 is 5.73 Å². The Hall–Kier alpha value is -0.390. The Balaban J connectivity index is 2.53. The van der Waals surface area contributed by atoms with Crippen molar-refractivity contribution in [3.63, 3.8) is 0 Å². The molecular weight excluding hydrogens is 188 g/mol. The standard InChI is InChI=1S/C8H16N2O2S/c9-5-4-8-13(11,12)10-6-2-1-3-7-10/h1-2H,3-9H2. The van der Waals surface area contributed by atoms with Crippen molar-refractivity contribution in [1.29, 1.82) is 0 Å². The molecule has 0 fully saturated rings. The number of hydrogen-bond donors (Lipinski definition) is 1. The molecule has 5 heteroatoms. The lowest BCUT2D eigenvalue weighted by atomic mass is 10.3. The fourth-order valence-electron chi connectivity index (χ4n) is 1.27. The normalized spacial score (nSPS) is 19.2. The van der Waals surface area contributed by atoms with Gasteiger partial charge in [0.2, 0.25) is 10.0 Å². The number of hydrogen-bond acceptors (Lipinski definition) is 3. The largest absolute Gasteiger partial charge is 0.330 e. The van der Waals surface area contributed by atoms with Gasteiger partial charge in [-0.25, -0.2) is 8.42 Å². The molecule has 0 aromatic heterocycles. The summed E-state index contributed by atoms with van der Waals surface area (Å²) in [7, 11) is -3.04. The summed E-state index contributed by atoms with van der Waals surface area (Å²) in [4.78, 5) is 0. The van der Waals surface area contributed by atoms with Crippen LogP contribution in [0.3, 0.4) is 0 Å². The highest BCUT2D eigenvalue weighted by Crippen LogP contribution is 2.08. The Kier molecular flexibility index (Phi) is 3.90. The molecule has 1 heterocycles. The monoisotopic (exact) mass is 204 g/mol. The molecule has 76 valence electrons. The van der Waals surface area contributed by atoms with Crippen LogP contribution in [0, 0.1) is 0 Å². The van der Waals surface area contributed by atoms with Gasteiger partial charge in [-0.2, -0.15) is 4.31 Å². The Bertz CT molecular complexity index is 272. The van der Waals surface area contributed by atoms with Gasteiger partial charge in [-0.15, -0.1) is 0 Å². The first-order chi connectivity index (χ1) is 6.17. The van der Waals surface area contributed by atoms with Crippen LogP contribution in [0.4, 0.5) is 0 Å². The van der Waals surface area contributed by atoms with E-state index in [0.717, 1.165) is 6.42 Å². The zero-order chi connectivity index (χ0) is 9.73. The molecule has 0 unspecified atom stereocenters. The van der Waals surface area contributed by atoms with Crippen LogP contribution in [0.2, 0.25) is 0 Å². The molecule has 0 aromatic carbocycles. The molecule has 1 rings (SSSR count). The van der Waals surface area contributed by atoms with Crippen molar-refractivity contribution in [3.05, 3.63) is 12.2 Å². The summed E-state index contributed by atoms with van der Waals surface area (Å²) in [6, 6.07) is 0. The van der Waals surface area contributed by atoms with Gasteiger partial charge in [0.15, 0.2) is 0 Å². The maximum absolute atomic E-state index is 11.6. The number of sulfonamides is 1. The van der Waals surface area contributed by atoms with Crippen LogP contribution in [0.25, 0.3) is 0 Å². The third-order valence-corrected chi connectivity index (χ3v) is 3.94. The van der Waals surface area contributed by atoms with Gasteiger partial charge in [0.25, 0.3) is 0 Å². The summed E-state index contributed by atoms with van der Waals surface area (Å²) < 4.78 is 24.7. The summed E-state index contributed by atoms with van der Waals surface area (Å²) in [6.45, 7) is 1.57. The Morgan fingerprint density at radius 2 is 2.15 bits per heavy atom. The van der Waals surface area contributed by atoms with Crippen molar-refractivity contribution < 1.29 is 8.42 Å². The van der Waals surface area contributed by atoms with Crippen LogP contribution in [0.1, 0.15) is 12.8 Å². The first-order valence-corrected chi connectivity index (χ1v) is 6.10. The fourth-order valence-corrected chi connectivity index (χ4v) is 2.75. The van der Waals surface area contributed by atoms with Gasteiger partial charge in [-0.3, -0.25) is 0 Å². The zero-order valence-corrected chi connectivity index (χ0v) is 8.46. The minimum absolute atomic E-state index is 0.178. The molecule has 0 aliphatic carbocycles. The molecule has 0 atom stereocenters. The molecule has 13 heavy (non-hydrogen) atoms. The molecule has 0 saturated heterocycles. The highest BCUT2D eigenvalue weighted by atomic mass is 32.2. The second-order valence-electron chi connectivity index (χ2n) is 3.08. The second-order valence-corrected chi connectivity index (χ2v) is 5.16. The Labute approximate surface area is 79.5 Å². The lowest BCUT2D eigenvalue weighted by Gasteiger charge is -2.22. The van der Waals surface area contributed by atoms with E-state index in [4.69, 9.17) is 5.73 Å². The summed E-state index contributed by atoms with van der Waals surface area (Å²) in [5, 5.41) is 0. The van der Waals surface area contributed by atoms with Crippen LogP contribution >= 0.6 is 0 Å². The number of nitrogens with two attached hydrogens (primary N) is 1. The van der Waals surface area contributed by atoms with E-state index < -0.39 is 10.0 Å². The SMILES string of the molecule is NCCCS(=O)(=O)N1CC=CCC1. The molecule has 0 aromatic rings. The van der Waals surface area contributed by atoms with Crippen molar-refractivity contribution in [3.8, 4) is 0 Å². The molecule has 2 N–H and O–H groups in total. The van der Waals surface area contributed by atoms with Gasteiger partial charge in [0.1, 0.15) is 0 Å². The van der Waals surface area contributed by atoms with Crippen molar-refractivity contribution in [1.82, 2.24) is 4.31 Å². The number of nitrogens with zero attached hydrogens (tertiary/aromatic N) is 1. The lowest BCUT2D eigenvalue weighted by Crippen LogP contribution is -2.35. The van der Waals surface area contributed by atoms with Crippen LogP contribution in [0.15, 0.2) is 12.2 Å². The first kappa shape index (κ1) is 10.7. The van der Waals surface area contributed by atoms with Gasteiger partial charge >= 0.3 is 0 Å². The predicted octanol–water partition coefficient (Wildman–Crippen LogP) is -0.0731. The molecule has 0 amide bonds. The fraction of sp³-hybridized carbons (Fsp3) is 0.750. The first-order valence-electron chi connectivity index (χ1n) is 4.50. The maximum atomic E-state index is 11.6. The van der Waals surface area contributed by atoms with Crippen molar-refractivity contribution in [2.45, 2.75) is 12.8 Å². The summed E-state index contributed by atoms with van der Waals surface area (Å²) in [6.07, 6.45) is 5.27. The average Bonchev–Trinajstić information content (AvgIpc) is 2.16.